The van der Waals surface area contributed by atoms with E-state index in [1.54, 1.807) is 0 Å². The highest BCUT2D eigenvalue weighted by Gasteiger charge is 2.19. The Hall–Kier alpha value is -0.760. The smallest absolute Gasteiger partial charge is 0.236 e. The third-order valence-corrected chi connectivity index (χ3v) is 3.68. The quantitative estimate of drug-likeness (QED) is 0.807. The van der Waals surface area contributed by atoms with Crippen molar-refractivity contribution >= 4 is 29.0 Å². The molecule has 1 aliphatic rings. The molecule has 100 valence electrons. The van der Waals surface area contributed by atoms with Crippen molar-refractivity contribution in [3.63, 3.8) is 0 Å². The van der Waals surface area contributed by atoms with Gasteiger partial charge in [-0.25, -0.2) is 0 Å². The van der Waals surface area contributed by atoms with Gasteiger partial charge in [0, 0.05) is 31.2 Å². The number of ether oxygens (including phenoxy) is 1. The zero-order valence-corrected chi connectivity index (χ0v) is 11.7. The summed E-state index contributed by atoms with van der Waals surface area (Å²) in [5.41, 5.74) is 0.721. The lowest BCUT2D eigenvalue weighted by molar-refractivity contribution is -0.136. The van der Waals surface area contributed by atoms with Gasteiger partial charge in [-0.2, -0.15) is 0 Å². The summed E-state index contributed by atoms with van der Waals surface area (Å²) in [5, 5.41) is 3.93. The van der Waals surface area contributed by atoms with Crippen LogP contribution in [-0.4, -0.2) is 65.2 Å². The lowest BCUT2D eigenvalue weighted by atomic mass is 10.3. The second kappa shape index (κ2) is 6.42. The van der Waals surface area contributed by atoms with Gasteiger partial charge in [0.05, 0.1) is 19.8 Å². The highest BCUT2D eigenvalue weighted by atomic mass is 35.5. The molecule has 8 heteroatoms. The minimum Gasteiger partial charge on any atom is -0.378 e. The first-order chi connectivity index (χ1) is 8.66. The Morgan fingerprint density at radius 2 is 2.28 bits per heavy atom. The van der Waals surface area contributed by atoms with Crippen molar-refractivity contribution in [2.75, 3.05) is 39.9 Å². The van der Waals surface area contributed by atoms with Crippen molar-refractivity contribution in [2.24, 2.45) is 0 Å². The van der Waals surface area contributed by atoms with E-state index in [0.29, 0.717) is 43.7 Å². The molecule has 0 bridgehead atoms. The normalized spacial score (nSPS) is 16.3. The fraction of sp³-hybridized carbons (Fsp3) is 0.700. The van der Waals surface area contributed by atoms with Gasteiger partial charge in [-0.15, -0.1) is 5.10 Å². The van der Waals surface area contributed by atoms with Crippen LogP contribution < -0.4 is 0 Å². The van der Waals surface area contributed by atoms with Crippen molar-refractivity contribution in [1.29, 1.82) is 0 Å². The molecule has 1 aromatic heterocycles. The molecule has 0 unspecified atom stereocenters. The molecule has 0 radical (unpaired) electrons. The number of carbonyl (C=O) groups is 1. The van der Waals surface area contributed by atoms with E-state index >= 15 is 0 Å². The summed E-state index contributed by atoms with van der Waals surface area (Å²) in [7, 11) is 1.87. The van der Waals surface area contributed by atoms with Crippen molar-refractivity contribution in [1.82, 2.24) is 19.4 Å². The summed E-state index contributed by atoms with van der Waals surface area (Å²) in [5.74, 6) is 0.111. The summed E-state index contributed by atoms with van der Waals surface area (Å²) in [6.07, 6.45) is 0. The van der Waals surface area contributed by atoms with Crippen molar-refractivity contribution < 1.29 is 9.53 Å². The summed E-state index contributed by atoms with van der Waals surface area (Å²) in [4.78, 5) is 15.7. The molecule has 1 aliphatic heterocycles. The molecule has 1 saturated heterocycles. The Morgan fingerprint density at radius 1 is 1.56 bits per heavy atom. The Labute approximate surface area is 115 Å². The van der Waals surface area contributed by atoms with Crippen LogP contribution in [0.15, 0.2) is 0 Å². The van der Waals surface area contributed by atoms with Crippen LogP contribution in [0.4, 0.5) is 0 Å². The molecule has 0 N–H and O–H groups in total. The average molecular weight is 291 g/mol. The van der Waals surface area contributed by atoms with Gasteiger partial charge in [-0.05, 0) is 7.05 Å². The Kier molecular flexibility index (Phi) is 4.87. The SMILES string of the molecule is CN(CC(=O)N1CCOCC1)Cc1nnsc1Cl. The number of amides is 1. The second-order valence-corrected chi connectivity index (χ2v) is 5.51. The lowest BCUT2D eigenvalue weighted by Gasteiger charge is -2.28. The Balaban J connectivity index is 1.81. The van der Waals surface area contributed by atoms with Crippen molar-refractivity contribution in [3.8, 4) is 0 Å². The summed E-state index contributed by atoms with van der Waals surface area (Å²) >= 11 is 7.08. The molecule has 1 amide bonds. The maximum Gasteiger partial charge on any atom is 0.236 e. The molecule has 1 fully saturated rings. The largest absolute Gasteiger partial charge is 0.378 e. The van der Waals surface area contributed by atoms with E-state index in [2.05, 4.69) is 9.59 Å². The maximum atomic E-state index is 12.0. The first-order valence-electron chi connectivity index (χ1n) is 5.67. The van der Waals surface area contributed by atoms with Crippen LogP contribution in [0.2, 0.25) is 4.34 Å². The van der Waals surface area contributed by atoms with Gasteiger partial charge in [0.15, 0.2) is 0 Å². The second-order valence-electron chi connectivity index (χ2n) is 4.16. The molecule has 0 saturated carbocycles. The number of carbonyl (C=O) groups excluding carboxylic acids is 1. The molecule has 6 nitrogen and oxygen atoms in total. The minimum atomic E-state index is 0.111. The van der Waals surface area contributed by atoms with E-state index in [0.717, 1.165) is 17.2 Å². The Bertz CT molecular complexity index is 408. The lowest BCUT2D eigenvalue weighted by Crippen LogP contribution is -2.44. The van der Waals surface area contributed by atoms with E-state index in [4.69, 9.17) is 16.3 Å². The van der Waals surface area contributed by atoms with Crippen molar-refractivity contribution in [3.05, 3.63) is 10.0 Å². The number of nitrogens with zero attached hydrogens (tertiary/aromatic N) is 4. The third-order valence-electron chi connectivity index (χ3n) is 2.70. The van der Waals surface area contributed by atoms with E-state index in [9.17, 15) is 4.79 Å². The number of hydrogen-bond acceptors (Lipinski definition) is 6. The van der Waals surface area contributed by atoms with Gasteiger partial charge < -0.3 is 9.64 Å². The monoisotopic (exact) mass is 290 g/mol. The van der Waals surface area contributed by atoms with E-state index in [1.807, 2.05) is 16.8 Å². The first kappa shape index (κ1) is 13.7. The van der Waals surface area contributed by atoms with Gasteiger partial charge in [-0.3, -0.25) is 9.69 Å². The molecule has 18 heavy (non-hydrogen) atoms. The van der Waals surface area contributed by atoms with E-state index in [-0.39, 0.29) is 5.91 Å². The Morgan fingerprint density at radius 3 is 2.89 bits per heavy atom. The third kappa shape index (κ3) is 3.61. The van der Waals surface area contributed by atoms with Gasteiger partial charge >= 0.3 is 0 Å². The number of morpholine rings is 1. The van der Waals surface area contributed by atoms with Crippen LogP contribution in [0.5, 0.6) is 0 Å². The van der Waals surface area contributed by atoms with E-state index in [1.165, 1.54) is 0 Å². The number of aromatic nitrogens is 2. The summed E-state index contributed by atoms with van der Waals surface area (Å²) in [6.45, 7) is 3.48. The van der Waals surface area contributed by atoms with Gasteiger partial charge in [0.25, 0.3) is 0 Å². The van der Waals surface area contributed by atoms with Crippen LogP contribution in [-0.2, 0) is 16.1 Å². The molecule has 0 aliphatic carbocycles. The molecule has 0 spiro atoms. The molecule has 2 heterocycles. The fourth-order valence-corrected chi connectivity index (χ4v) is 2.36. The fourth-order valence-electron chi connectivity index (χ4n) is 1.75. The molecule has 0 atom stereocenters. The standard InChI is InChI=1S/C10H15ClN4O2S/c1-14(6-8-10(11)18-13-12-8)7-9(16)15-2-4-17-5-3-15/h2-7H2,1H3. The minimum absolute atomic E-state index is 0.111. The van der Waals surface area contributed by atoms with Crippen LogP contribution in [0.1, 0.15) is 5.69 Å². The van der Waals surface area contributed by atoms with E-state index < -0.39 is 0 Å². The van der Waals surface area contributed by atoms with Crippen LogP contribution in [0.25, 0.3) is 0 Å². The predicted molar refractivity (Wildman–Crippen MR) is 68.7 cm³/mol. The van der Waals surface area contributed by atoms with Gasteiger partial charge in [0.1, 0.15) is 10.0 Å². The highest BCUT2D eigenvalue weighted by Crippen LogP contribution is 2.18. The van der Waals surface area contributed by atoms with Gasteiger partial charge in [-0.1, -0.05) is 16.1 Å². The number of likely N-dealkylation sites (N-methyl/N-ethyl adjacent to an activating group) is 1. The molecular weight excluding hydrogens is 276 g/mol. The maximum absolute atomic E-state index is 12.0. The topological polar surface area (TPSA) is 58.6 Å². The molecule has 2 rings (SSSR count). The molecule has 1 aromatic rings. The van der Waals surface area contributed by atoms with Crippen LogP contribution >= 0.6 is 23.1 Å². The first-order valence-corrected chi connectivity index (χ1v) is 6.82. The number of rotatable bonds is 4. The summed E-state index contributed by atoms with van der Waals surface area (Å²) < 4.78 is 9.56. The predicted octanol–water partition coefficient (Wildman–Crippen LogP) is 0.482. The average Bonchev–Trinajstić information content (AvgIpc) is 2.76. The van der Waals surface area contributed by atoms with Gasteiger partial charge in [0.2, 0.25) is 5.91 Å². The zero-order valence-electron chi connectivity index (χ0n) is 10.1. The van der Waals surface area contributed by atoms with Crippen LogP contribution in [0.3, 0.4) is 0 Å². The highest BCUT2D eigenvalue weighted by molar-refractivity contribution is 7.10. The zero-order chi connectivity index (χ0) is 13.0. The molecule has 0 aromatic carbocycles. The molecular formula is C10H15ClN4O2S. The van der Waals surface area contributed by atoms with Crippen LogP contribution in [0, 0.1) is 0 Å². The number of hydrogen-bond donors (Lipinski definition) is 0. The van der Waals surface area contributed by atoms with Crippen molar-refractivity contribution in [2.45, 2.75) is 6.54 Å². The number of halogens is 1. The summed E-state index contributed by atoms with van der Waals surface area (Å²) in [6, 6.07) is 0.